The van der Waals surface area contributed by atoms with Gasteiger partial charge in [-0.15, -0.1) is 12.4 Å². The lowest BCUT2D eigenvalue weighted by Crippen LogP contribution is -2.27. The van der Waals surface area contributed by atoms with E-state index in [0.717, 1.165) is 12.8 Å². The first-order valence-corrected chi connectivity index (χ1v) is 6.16. The highest BCUT2D eigenvalue weighted by molar-refractivity contribution is 5.85. The lowest BCUT2D eigenvalue weighted by molar-refractivity contribution is 0.646. The Kier molecular flexibility index (Phi) is 3.74. The fraction of sp³-hybridized carbons (Fsp3) is 0.250. The minimum absolute atomic E-state index is 0. The number of rotatable bonds is 3. The number of halogens is 1. The standard InChI is InChI=1S/C16H17N.ClH/c17-16(11-13-7-3-1-4-8-13)12-15(16)14-9-5-2-6-10-14;/h1-10,15H,11-12,17H2;1H/t15-,16-;/m0./s1. The molecule has 2 N–H and O–H groups in total. The highest BCUT2D eigenvalue weighted by Crippen LogP contribution is 2.51. The number of hydrogen-bond donors (Lipinski definition) is 1. The molecule has 0 heterocycles. The van der Waals surface area contributed by atoms with Crippen LogP contribution in [0.2, 0.25) is 0 Å². The summed E-state index contributed by atoms with van der Waals surface area (Å²) < 4.78 is 0. The molecule has 0 bridgehead atoms. The third-order valence-corrected chi connectivity index (χ3v) is 3.70. The van der Waals surface area contributed by atoms with E-state index in [1.54, 1.807) is 0 Å². The van der Waals surface area contributed by atoms with E-state index in [2.05, 4.69) is 54.6 Å². The molecule has 2 heteroatoms. The van der Waals surface area contributed by atoms with Crippen LogP contribution in [0.1, 0.15) is 23.5 Å². The third-order valence-electron chi connectivity index (χ3n) is 3.70. The fourth-order valence-electron chi connectivity index (χ4n) is 2.63. The Hall–Kier alpha value is -1.31. The Morgan fingerprint density at radius 1 is 0.944 bits per heavy atom. The molecular weight excluding hydrogens is 242 g/mol. The smallest absolute Gasteiger partial charge is 0.0271 e. The van der Waals surface area contributed by atoms with Crippen LogP contribution in [0.4, 0.5) is 0 Å². The van der Waals surface area contributed by atoms with Crippen molar-refractivity contribution >= 4 is 12.4 Å². The Bertz CT molecular complexity index is 497. The van der Waals surface area contributed by atoms with Crippen molar-refractivity contribution in [1.29, 1.82) is 0 Å². The maximum absolute atomic E-state index is 6.45. The summed E-state index contributed by atoms with van der Waals surface area (Å²) in [6.07, 6.45) is 2.08. The van der Waals surface area contributed by atoms with Gasteiger partial charge in [0, 0.05) is 11.5 Å². The molecule has 18 heavy (non-hydrogen) atoms. The van der Waals surface area contributed by atoms with E-state index in [9.17, 15) is 0 Å². The van der Waals surface area contributed by atoms with Gasteiger partial charge < -0.3 is 5.73 Å². The first kappa shape index (κ1) is 13.1. The van der Waals surface area contributed by atoms with E-state index in [1.165, 1.54) is 11.1 Å². The van der Waals surface area contributed by atoms with Gasteiger partial charge in [0.1, 0.15) is 0 Å². The van der Waals surface area contributed by atoms with Gasteiger partial charge in [-0.05, 0) is 24.0 Å². The van der Waals surface area contributed by atoms with Gasteiger partial charge >= 0.3 is 0 Å². The second-order valence-electron chi connectivity index (χ2n) is 5.06. The molecule has 1 fully saturated rings. The zero-order valence-corrected chi connectivity index (χ0v) is 11.1. The van der Waals surface area contributed by atoms with Crippen molar-refractivity contribution in [2.24, 2.45) is 5.73 Å². The zero-order chi connectivity index (χ0) is 11.7. The maximum atomic E-state index is 6.45. The Balaban J connectivity index is 0.00000120. The quantitative estimate of drug-likeness (QED) is 0.897. The zero-order valence-electron chi connectivity index (χ0n) is 10.3. The molecule has 3 rings (SSSR count). The molecule has 2 aromatic carbocycles. The van der Waals surface area contributed by atoms with Crippen molar-refractivity contribution in [3.63, 3.8) is 0 Å². The molecule has 0 spiro atoms. The molecule has 0 amide bonds. The monoisotopic (exact) mass is 259 g/mol. The van der Waals surface area contributed by atoms with Crippen molar-refractivity contribution in [2.45, 2.75) is 24.3 Å². The van der Waals surface area contributed by atoms with Gasteiger partial charge in [0.25, 0.3) is 0 Å². The largest absolute Gasteiger partial charge is 0.324 e. The summed E-state index contributed by atoms with van der Waals surface area (Å²) in [6.45, 7) is 0. The van der Waals surface area contributed by atoms with Crippen LogP contribution in [-0.4, -0.2) is 5.54 Å². The molecular formula is C16H18ClN. The van der Waals surface area contributed by atoms with Gasteiger partial charge in [-0.3, -0.25) is 0 Å². The van der Waals surface area contributed by atoms with Crippen molar-refractivity contribution < 1.29 is 0 Å². The lowest BCUT2D eigenvalue weighted by Gasteiger charge is -2.11. The average molecular weight is 260 g/mol. The minimum Gasteiger partial charge on any atom is -0.324 e. The Labute approximate surface area is 114 Å². The Morgan fingerprint density at radius 2 is 1.50 bits per heavy atom. The van der Waals surface area contributed by atoms with Crippen molar-refractivity contribution in [1.82, 2.24) is 0 Å². The maximum Gasteiger partial charge on any atom is 0.0271 e. The molecule has 0 saturated heterocycles. The van der Waals surface area contributed by atoms with E-state index in [4.69, 9.17) is 5.73 Å². The predicted molar refractivity (Wildman–Crippen MR) is 78.1 cm³/mol. The van der Waals surface area contributed by atoms with Crippen molar-refractivity contribution in [2.75, 3.05) is 0 Å². The van der Waals surface area contributed by atoms with Crippen molar-refractivity contribution in [3.05, 3.63) is 71.8 Å². The van der Waals surface area contributed by atoms with Gasteiger partial charge in [0.2, 0.25) is 0 Å². The van der Waals surface area contributed by atoms with Crippen LogP contribution in [0, 0.1) is 0 Å². The summed E-state index contributed by atoms with van der Waals surface area (Å²) in [6, 6.07) is 21.2. The fourth-order valence-corrected chi connectivity index (χ4v) is 2.63. The molecule has 1 aliphatic carbocycles. The summed E-state index contributed by atoms with van der Waals surface area (Å²) in [4.78, 5) is 0. The SMILES string of the molecule is Cl.N[C@@]1(Cc2ccccc2)C[C@H]1c1ccccc1. The molecule has 0 radical (unpaired) electrons. The van der Waals surface area contributed by atoms with Gasteiger partial charge in [-0.25, -0.2) is 0 Å². The highest BCUT2D eigenvalue weighted by Gasteiger charge is 2.51. The van der Waals surface area contributed by atoms with Crippen LogP contribution < -0.4 is 5.73 Å². The average Bonchev–Trinajstić information content (AvgIpc) is 3.03. The second-order valence-corrected chi connectivity index (χ2v) is 5.06. The van der Waals surface area contributed by atoms with Crippen LogP contribution >= 0.6 is 12.4 Å². The van der Waals surface area contributed by atoms with Crippen LogP contribution in [0.3, 0.4) is 0 Å². The summed E-state index contributed by atoms with van der Waals surface area (Å²) in [5.74, 6) is 0.531. The number of nitrogens with two attached hydrogens (primary N) is 1. The van der Waals surface area contributed by atoms with E-state index in [1.807, 2.05) is 6.07 Å². The predicted octanol–water partition coefficient (Wildman–Crippen LogP) is 3.54. The molecule has 1 nitrogen and oxygen atoms in total. The lowest BCUT2D eigenvalue weighted by atomic mass is 10.00. The number of benzene rings is 2. The van der Waals surface area contributed by atoms with Crippen molar-refractivity contribution in [3.8, 4) is 0 Å². The molecule has 2 aromatic rings. The molecule has 0 aliphatic heterocycles. The third kappa shape index (κ3) is 2.58. The summed E-state index contributed by atoms with van der Waals surface area (Å²) in [5.41, 5.74) is 9.15. The number of hydrogen-bond acceptors (Lipinski definition) is 1. The van der Waals surface area contributed by atoms with Crippen LogP contribution in [0.5, 0.6) is 0 Å². The normalized spacial score (nSPS) is 25.3. The first-order chi connectivity index (χ1) is 8.28. The topological polar surface area (TPSA) is 26.0 Å². The van der Waals surface area contributed by atoms with E-state index in [-0.39, 0.29) is 17.9 Å². The first-order valence-electron chi connectivity index (χ1n) is 6.16. The molecule has 1 saturated carbocycles. The molecule has 0 unspecified atom stereocenters. The van der Waals surface area contributed by atoms with Gasteiger partial charge in [-0.1, -0.05) is 60.7 Å². The second kappa shape index (κ2) is 5.13. The van der Waals surface area contributed by atoms with E-state index < -0.39 is 0 Å². The highest BCUT2D eigenvalue weighted by atomic mass is 35.5. The van der Waals surface area contributed by atoms with Crippen LogP contribution in [-0.2, 0) is 6.42 Å². The Morgan fingerprint density at radius 3 is 2.11 bits per heavy atom. The molecule has 0 aromatic heterocycles. The summed E-state index contributed by atoms with van der Waals surface area (Å²) >= 11 is 0. The minimum atomic E-state index is -0.0251. The van der Waals surface area contributed by atoms with E-state index >= 15 is 0 Å². The van der Waals surface area contributed by atoms with Gasteiger partial charge in [0.05, 0.1) is 0 Å². The van der Waals surface area contributed by atoms with Crippen LogP contribution in [0.15, 0.2) is 60.7 Å². The van der Waals surface area contributed by atoms with Crippen LogP contribution in [0.25, 0.3) is 0 Å². The van der Waals surface area contributed by atoms with Gasteiger partial charge in [-0.2, -0.15) is 0 Å². The van der Waals surface area contributed by atoms with Gasteiger partial charge in [0.15, 0.2) is 0 Å². The molecule has 94 valence electrons. The molecule has 1 aliphatic rings. The summed E-state index contributed by atoms with van der Waals surface area (Å²) in [5, 5.41) is 0. The molecule has 2 atom stereocenters. The van der Waals surface area contributed by atoms with E-state index in [0.29, 0.717) is 5.92 Å². The summed E-state index contributed by atoms with van der Waals surface area (Å²) in [7, 11) is 0.